The number of amides is 1. The second-order valence-electron chi connectivity index (χ2n) is 6.77. The predicted molar refractivity (Wildman–Crippen MR) is 117 cm³/mol. The van der Waals surface area contributed by atoms with Crippen LogP contribution in [0.3, 0.4) is 0 Å². The summed E-state index contributed by atoms with van der Waals surface area (Å²) in [6.07, 6.45) is 0. The molecule has 4 rings (SSSR count). The summed E-state index contributed by atoms with van der Waals surface area (Å²) < 4.78 is 15.3. The number of halogens is 1. The second kappa shape index (κ2) is 8.34. The van der Waals surface area contributed by atoms with E-state index in [9.17, 15) is 14.0 Å². The lowest BCUT2D eigenvalue weighted by Gasteiger charge is -2.10. The molecule has 0 aliphatic carbocycles. The first kappa shape index (κ1) is 20.2. The van der Waals surface area contributed by atoms with Crippen LogP contribution in [0.5, 0.6) is 0 Å². The highest BCUT2D eigenvalue weighted by molar-refractivity contribution is 7.71. The van der Waals surface area contributed by atoms with E-state index in [2.05, 4.69) is 10.3 Å². The van der Waals surface area contributed by atoms with Gasteiger partial charge in [-0.15, -0.1) is 0 Å². The van der Waals surface area contributed by atoms with Gasteiger partial charge in [-0.05, 0) is 60.2 Å². The fourth-order valence-electron chi connectivity index (χ4n) is 3.19. The largest absolute Gasteiger partial charge is 0.348 e. The number of aromatic nitrogens is 2. The van der Waals surface area contributed by atoms with Crippen molar-refractivity contribution in [2.24, 2.45) is 0 Å². The van der Waals surface area contributed by atoms with Crippen molar-refractivity contribution < 1.29 is 9.18 Å². The molecule has 0 unspecified atom stereocenters. The number of fused-ring (bicyclic) bond motifs is 1. The first-order valence-corrected chi connectivity index (χ1v) is 9.70. The van der Waals surface area contributed by atoms with E-state index in [1.807, 2.05) is 6.07 Å². The van der Waals surface area contributed by atoms with Gasteiger partial charge in [-0.25, -0.2) is 8.96 Å². The molecule has 0 atom stereocenters. The van der Waals surface area contributed by atoms with Gasteiger partial charge < -0.3 is 10.3 Å². The fraction of sp³-hybridized carbons (Fsp3) is 0.0435. The van der Waals surface area contributed by atoms with Gasteiger partial charge in [-0.1, -0.05) is 24.3 Å². The van der Waals surface area contributed by atoms with Crippen LogP contribution in [0.15, 0.2) is 71.5 Å². The summed E-state index contributed by atoms with van der Waals surface area (Å²) in [5.41, 5.74) is 1.69. The molecule has 0 bridgehead atoms. The Balaban J connectivity index is 1.64. The van der Waals surface area contributed by atoms with Crippen molar-refractivity contribution in [3.05, 3.63) is 104 Å². The van der Waals surface area contributed by atoms with Crippen LogP contribution in [-0.4, -0.2) is 15.5 Å². The molecule has 0 spiro atoms. The lowest BCUT2D eigenvalue weighted by molar-refractivity contribution is 0.0951. The Hall–Kier alpha value is -4.09. The average molecular weight is 430 g/mol. The topological polar surface area (TPSA) is 90.7 Å². The lowest BCUT2D eigenvalue weighted by Crippen LogP contribution is -2.24. The van der Waals surface area contributed by atoms with Crippen LogP contribution >= 0.6 is 12.2 Å². The van der Waals surface area contributed by atoms with Crippen molar-refractivity contribution >= 4 is 29.0 Å². The second-order valence-corrected chi connectivity index (χ2v) is 7.16. The summed E-state index contributed by atoms with van der Waals surface area (Å²) in [6.45, 7) is 0.285. The Morgan fingerprint density at radius 3 is 2.58 bits per heavy atom. The first-order valence-electron chi connectivity index (χ1n) is 9.29. The van der Waals surface area contributed by atoms with Gasteiger partial charge in [-0.2, -0.15) is 5.26 Å². The number of carbonyl (C=O) groups is 1. The molecule has 0 saturated heterocycles. The number of hydrogen-bond acceptors (Lipinski definition) is 4. The molecule has 0 aliphatic rings. The van der Waals surface area contributed by atoms with Crippen molar-refractivity contribution in [3.8, 4) is 11.8 Å². The minimum Gasteiger partial charge on any atom is -0.348 e. The molecule has 0 radical (unpaired) electrons. The van der Waals surface area contributed by atoms with E-state index in [1.165, 1.54) is 36.4 Å². The van der Waals surface area contributed by atoms with Crippen LogP contribution in [0.1, 0.15) is 21.5 Å². The van der Waals surface area contributed by atoms with Gasteiger partial charge in [0.1, 0.15) is 5.82 Å². The number of H-pyrrole nitrogens is 1. The number of hydrogen-bond donors (Lipinski definition) is 2. The standard InChI is InChI=1S/C23H15FN4O2S/c24-18-3-1-2-4-20(18)28-22(30)17-10-9-16(11-19(17)27-23(28)31)21(29)26-13-15-7-5-14(12-25)6-8-15/h1-11H,13H2,(H,26,29)(H,27,31). The van der Waals surface area contributed by atoms with Gasteiger partial charge >= 0.3 is 0 Å². The minimum atomic E-state index is -0.567. The summed E-state index contributed by atoms with van der Waals surface area (Å²) in [7, 11) is 0. The van der Waals surface area contributed by atoms with E-state index in [0.29, 0.717) is 16.6 Å². The van der Waals surface area contributed by atoms with Crippen molar-refractivity contribution in [1.82, 2.24) is 14.9 Å². The maximum atomic E-state index is 14.2. The van der Waals surface area contributed by atoms with E-state index in [0.717, 1.165) is 10.1 Å². The van der Waals surface area contributed by atoms with E-state index in [-0.39, 0.29) is 28.3 Å². The zero-order valence-corrected chi connectivity index (χ0v) is 16.9. The summed E-state index contributed by atoms with van der Waals surface area (Å²) in [4.78, 5) is 28.4. The minimum absolute atomic E-state index is 0.0257. The van der Waals surface area contributed by atoms with Gasteiger partial charge in [-0.3, -0.25) is 9.59 Å². The third-order valence-electron chi connectivity index (χ3n) is 4.79. The Kier molecular flexibility index (Phi) is 5.43. The van der Waals surface area contributed by atoms with Gasteiger partial charge in [0.05, 0.1) is 28.2 Å². The molecule has 4 aromatic rings. The smallest absolute Gasteiger partial charge is 0.266 e. The van der Waals surface area contributed by atoms with Crippen molar-refractivity contribution in [2.45, 2.75) is 6.54 Å². The molecule has 2 N–H and O–H groups in total. The summed E-state index contributed by atoms with van der Waals surface area (Å²) in [5.74, 6) is -0.897. The quantitative estimate of drug-likeness (QED) is 0.479. The Morgan fingerprint density at radius 2 is 1.87 bits per heavy atom. The van der Waals surface area contributed by atoms with E-state index < -0.39 is 11.4 Å². The van der Waals surface area contributed by atoms with Crippen molar-refractivity contribution in [3.63, 3.8) is 0 Å². The number of rotatable bonds is 4. The Morgan fingerprint density at radius 1 is 1.13 bits per heavy atom. The van der Waals surface area contributed by atoms with Crippen LogP contribution in [0.2, 0.25) is 0 Å². The van der Waals surface area contributed by atoms with E-state index in [1.54, 1.807) is 30.3 Å². The van der Waals surface area contributed by atoms with Crippen LogP contribution < -0.4 is 10.9 Å². The van der Waals surface area contributed by atoms with Gasteiger partial charge in [0.15, 0.2) is 4.77 Å². The number of nitrogens with one attached hydrogen (secondary N) is 2. The molecule has 3 aromatic carbocycles. The molecule has 0 aliphatic heterocycles. The molecule has 0 fully saturated rings. The summed E-state index contributed by atoms with van der Waals surface area (Å²) >= 11 is 5.27. The zero-order valence-electron chi connectivity index (χ0n) is 16.1. The first-order chi connectivity index (χ1) is 15.0. The van der Waals surface area contributed by atoms with Crippen LogP contribution in [0.25, 0.3) is 16.6 Å². The van der Waals surface area contributed by atoms with Gasteiger partial charge in [0, 0.05) is 12.1 Å². The molecule has 1 heterocycles. The molecular weight excluding hydrogens is 415 g/mol. The monoisotopic (exact) mass is 430 g/mol. The van der Waals surface area contributed by atoms with Crippen LogP contribution in [0.4, 0.5) is 4.39 Å². The highest BCUT2D eigenvalue weighted by atomic mass is 32.1. The molecule has 31 heavy (non-hydrogen) atoms. The van der Waals surface area contributed by atoms with Crippen molar-refractivity contribution in [2.75, 3.05) is 0 Å². The van der Waals surface area contributed by atoms with Crippen LogP contribution in [0, 0.1) is 21.9 Å². The lowest BCUT2D eigenvalue weighted by atomic mass is 10.1. The number of aromatic amines is 1. The maximum absolute atomic E-state index is 14.2. The zero-order chi connectivity index (χ0) is 22.0. The SMILES string of the molecule is N#Cc1ccc(CNC(=O)c2ccc3c(=O)n(-c4ccccc4F)c(=S)[nH]c3c2)cc1. The van der Waals surface area contributed by atoms with Gasteiger partial charge in [0.25, 0.3) is 11.5 Å². The number of benzene rings is 3. The molecule has 6 nitrogen and oxygen atoms in total. The third kappa shape index (κ3) is 3.99. The predicted octanol–water partition coefficient (Wildman–Crippen LogP) is 3.99. The number of nitrogens with zero attached hydrogens (tertiary/aromatic N) is 2. The normalized spacial score (nSPS) is 10.6. The number of nitriles is 1. The molecule has 1 amide bonds. The summed E-state index contributed by atoms with van der Waals surface area (Å²) in [5, 5.41) is 11.9. The molecule has 152 valence electrons. The van der Waals surface area contributed by atoms with E-state index in [4.69, 9.17) is 17.5 Å². The highest BCUT2D eigenvalue weighted by Gasteiger charge is 2.13. The molecule has 1 aromatic heterocycles. The molecular formula is C23H15FN4O2S. The number of para-hydroxylation sites is 1. The Labute approximate surface area is 181 Å². The molecule has 0 saturated carbocycles. The number of carbonyl (C=O) groups excluding carboxylic acids is 1. The van der Waals surface area contributed by atoms with Crippen molar-refractivity contribution in [1.29, 1.82) is 5.26 Å². The third-order valence-corrected chi connectivity index (χ3v) is 5.07. The maximum Gasteiger partial charge on any atom is 0.266 e. The van der Waals surface area contributed by atoms with Gasteiger partial charge in [0.2, 0.25) is 0 Å². The van der Waals surface area contributed by atoms with E-state index >= 15 is 0 Å². The molecule has 8 heteroatoms. The average Bonchev–Trinajstić information content (AvgIpc) is 2.78. The van der Waals surface area contributed by atoms with Crippen LogP contribution in [-0.2, 0) is 6.54 Å². The fourth-order valence-corrected chi connectivity index (χ4v) is 3.48. The Bertz CT molecular complexity index is 1470. The highest BCUT2D eigenvalue weighted by Crippen LogP contribution is 2.15. The summed E-state index contributed by atoms with van der Waals surface area (Å²) in [6, 6.07) is 19.4.